The molecule has 0 aromatic rings. The number of nitrogens with zero attached hydrogens (tertiary/aromatic N) is 3. The molecule has 1 amide bonds. The van der Waals surface area contributed by atoms with Crippen LogP contribution in [0.1, 0.15) is 77.6 Å². The maximum atomic E-state index is 11.8. The molecule has 1 rings (SSSR count). The molecule has 0 aliphatic heterocycles. The first-order valence-corrected chi connectivity index (χ1v) is 8.70. The molecule has 1 unspecified atom stereocenters. The summed E-state index contributed by atoms with van der Waals surface area (Å²) in [5.41, 5.74) is 8.32. The number of alkyl carbamates (subject to hydrolysis) is 1. The van der Waals surface area contributed by atoms with E-state index in [-0.39, 0.29) is 18.7 Å². The normalized spacial score (nSPS) is 19.9. The number of carbonyl (C=O) groups is 1. The zero-order valence-corrected chi connectivity index (χ0v) is 13.8. The van der Waals surface area contributed by atoms with Crippen molar-refractivity contribution < 1.29 is 9.53 Å². The molecule has 1 fully saturated rings. The largest absolute Gasteiger partial charge is 0.449 e. The van der Waals surface area contributed by atoms with E-state index in [0.29, 0.717) is 0 Å². The van der Waals surface area contributed by atoms with Gasteiger partial charge in [0.1, 0.15) is 6.61 Å². The monoisotopic (exact) mass is 310 g/mol. The van der Waals surface area contributed by atoms with E-state index in [9.17, 15) is 4.79 Å². The Hall–Kier alpha value is -1.42. The molecule has 6 nitrogen and oxygen atoms in total. The summed E-state index contributed by atoms with van der Waals surface area (Å²) in [6.45, 7) is 1.85. The predicted octanol–water partition coefficient (Wildman–Crippen LogP) is 5.08. The summed E-state index contributed by atoms with van der Waals surface area (Å²) in [5, 5.41) is 6.46. The SMILES string of the molecule is CC(COC(=O)NC1CCCCCCCCCCC1)N=[N+]=[N-]. The van der Waals surface area contributed by atoms with Crippen molar-refractivity contribution in [3.63, 3.8) is 0 Å². The van der Waals surface area contributed by atoms with Gasteiger partial charge in [0.2, 0.25) is 0 Å². The quantitative estimate of drug-likeness (QED) is 0.445. The average Bonchev–Trinajstić information content (AvgIpc) is 2.48. The van der Waals surface area contributed by atoms with Gasteiger partial charge in [0, 0.05) is 11.0 Å². The fraction of sp³-hybridized carbons (Fsp3) is 0.938. The van der Waals surface area contributed by atoms with Crippen LogP contribution in [0.15, 0.2) is 5.11 Å². The van der Waals surface area contributed by atoms with Gasteiger partial charge in [-0.15, -0.1) is 0 Å². The smallest absolute Gasteiger partial charge is 0.407 e. The third kappa shape index (κ3) is 9.50. The molecule has 22 heavy (non-hydrogen) atoms. The molecule has 1 saturated carbocycles. The predicted molar refractivity (Wildman–Crippen MR) is 87.7 cm³/mol. The third-order valence-corrected chi connectivity index (χ3v) is 4.13. The Bertz CT molecular complexity index is 344. The van der Waals surface area contributed by atoms with Gasteiger partial charge in [-0.05, 0) is 18.4 Å². The van der Waals surface area contributed by atoms with E-state index >= 15 is 0 Å². The second kappa shape index (κ2) is 12.2. The summed E-state index contributed by atoms with van der Waals surface area (Å²) < 4.78 is 5.12. The minimum absolute atomic E-state index is 0.128. The van der Waals surface area contributed by atoms with Gasteiger partial charge in [0.05, 0.1) is 6.04 Å². The topological polar surface area (TPSA) is 87.1 Å². The Morgan fingerprint density at radius 3 is 2.14 bits per heavy atom. The Balaban J connectivity index is 2.31. The minimum Gasteiger partial charge on any atom is -0.449 e. The molecule has 0 aromatic heterocycles. The molecule has 1 aliphatic carbocycles. The number of azide groups is 1. The van der Waals surface area contributed by atoms with Gasteiger partial charge in [-0.25, -0.2) is 4.79 Å². The maximum absolute atomic E-state index is 11.8. The summed E-state index contributed by atoms with van der Waals surface area (Å²) >= 11 is 0. The van der Waals surface area contributed by atoms with Crippen LogP contribution in [0, 0.1) is 0 Å². The zero-order valence-electron chi connectivity index (χ0n) is 13.8. The molecule has 0 saturated heterocycles. The summed E-state index contributed by atoms with van der Waals surface area (Å²) in [5.74, 6) is 0. The molecule has 126 valence electrons. The lowest BCUT2D eigenvalue weighted by Crippen LogP contribution is -2.36. The van der Waals surface area contributed by atoms with Crippen molar-refractivity contribution in [1.82, 2.24) is 5.32 Å². The van der Waals surface area contributed by atoms with Gasteiger partial charge < -0.3 is 10.1 Å². The Morgan fingerprint density at radius 2 is 1.64 bits per heavy atom. The van der Waals surface area contributed by atoms with Gasteiger partial charge in [-0.1, -0.05) is 69.8 Å². The van der Waals surface area contributed by atoms with Gasteiger partial charge in [0.25, 0.3) is 0 Å². The van der Waals surface area contributed by atoms with E-state index in [0.717, 1.165) is 12.8 Å². The molecule has 0 heterocycles. The lowest BCUT2D eigenvalue weighted by molar-refractivity contribution is 0.135. The first kappa shape index (κ1) is 18.6. The molecule has 0 aromatic carbocycles. The number of ether oxygens (including phenoxy) is 1. The number of nitrogens with one attached hydrogen (secondary N) is 1. The second-order valence-electron chi connectivity index (χ2n) is 6.25. The summed E-state index contributed by atoms with van der Waals surface area (Å²) in [6, 6.07) is -0.117. The zero-order chi connectivity index (χ0) is 16.0. The molecule has 1 atom stereocenters. The van der Waals surface area contributed by atoms with Crippen LogP contribution in [0.4, 0.5) is 4.79 Å². The van der Waals surface area contributed by atoms with Crippen LogP contribution >= 0.6 is 0 Å². The van der Waals surface area contributed by atoms with E-state index in [1.54, 1.807) is 6.92 Å². The van der Waals surface area contributed by atoms with Crippen molar-refractivity contribution in [1.29, 1.82) is 0 Å². The van der Waals surface area contributed by atoms with E-state index < -0.39 is 6.09 Å². The van der Waals surface area contributed by atoms with Crippen LogP contribution in [0.3, 0.4) is 0 Å². The van der Waals surface area contributed by atoms with E-state index in [2.05, 4.69) is 15.3 Å². The van der Waals surface area contributed by atoms with Crippen LogP contribution in [0.5, 0.6) is 0 Å². The number of rotatable bonds is 4. The molecular weight excluding hydrogens is 280 g/mol. The number of carbonyl (C=O) groups excluding carboxylic acids is 1. The van der Waals surface area contributed by atoms with Gasteiger partial charge >= 0.3 is 6.09 Å². The summed E-state index contributed by atoms with van der Waals surface area (Å²) in [4.78, 5) is 14.5. The van der Waals surface area contributed by atoms with Crippen LogP contribution in [-0.2, 0) is 4.74 Å². The molecular formula is C16H30N4O2. The summed E-state index contributed by atoms with van der Waals surface area (Å²) in [6.07, 6.45) is 13.2. The fourth-order valence-corrected chi connectivity index (χ4v) is 2.83. The minimum atomic E-state index is -0.392. The fourth-order valence-electron chi connectivity index (χ4n) is 2.83. The van der Waals surface area contributed by atoms with Crippen molar-refractivity contribution in [2.24, 2.45) is 5.11 Å². The van der Waals surface area contributed by atoms with Crippen LogP contribution in [-0.4, -0.2) is 24.8 Å². The number of amides is 1. The molecule has 1 aliphatic rings. The lowest BCUT2D eigenvalue weighted by Gasteiger charge is -2.19. The van der Waals surface area contributed by atoms with Crippen LogP contribution in [0.2, 0.25) is 0 Å². The summed E-state index contributed by atoms with van der Waals surface area (Å²) in [7, 11) is 0. The van der Waals surface area contributed by atoms with Crippen molar-refractivity contribution in [2.75, 3.05) is 6.61 Å². The first-order chi connectivity index (χ1) is 10.7. The highest BCUT2D eigenvalue weighted by molar-refractivity contribution is 5.67. The van der Waals surface area contributed by atoms with E-state index in [1.165, 1.54) is 57.8 Å². The number of hydrogen-bond donors (Lipinski definition) is 1. The molecule has 1 N–H and O–H groups in total. The van der Waals surface area contributed by atoms with Crippen molar-refractivity contribution in [3.05, 3.63) is 10.4 Å². The van der Waals surface area contributed by atoms with E-state index in [4.69, 9.17) is 10.3 Å². The van der Waals surface area contributed by atoms with Crippen molar-refractivity contribution in [3.8, 4) is 0 Å². The number of hydrogen-bond acceptors (Lipinski definition) is 3. The second-order valence-corrected chi connectivity index (χ2v) is 6.25. The molecule has 6 heteroatoms. The maximum Gasteiger partial charge on any atom is 0.407 e. The average molecular weight is 310 g/mol. The van der Waals surface area contributed by atoms with Gasteiger partial charge in [-0.3, -0.25) is 0 Å². The highest BCUT2D eigenvalue weighted by Gasteiger charge is 2.14. The first-order valence-electron chi connectivity index (χ1n) is 8.70. The third-order valence-electron chi connectivity index (χ3n) is 4.13. The lowest BCUT2D eigenvalue weighted by atomic mass is 9.98. The van der Waals surface area contributed by atoms with Crippen LogP contribution < -0.4 is 5.32 Å². The van der Waals surface area contributed by atoms with Crippen molar-refractivity contribution in [2.45, 2.75) is 89.6 Å². The molecule has 0 bridgehead atoms. The van der Waals surface area contributed by atoms with Gasteiger partial charge in [-0.2, -0.15) is 0 Å². The van der Waals surface area contributed by atoms with E-state index in [1.807, 2.05) is 0 Å². The van der Waals surface area contributed by atoms with Crippen LogP contribution in [0.25, 0.3) is 10.4 Å². The standard InChI is InChI=1S/C16H30N4O2/c1-14(19-20-17)13-22-16(21)18-15-11-9-7-5-3-2-4-6-8-10-12-15/h14-15H,2-13H2,1H3,(H,18,21). The Kier molecular flexibility index (Phi) is 10.3. The highest BCUT2D eigenvalue weighted by Crippen LogP contribution is 2.17. The highest BCUT2D eigenvalue weighted by atomic mass is 16.5. The Labute approximate surface area is 133 Å². The molecule has 0 radical (unpaired) electrons. The van der Waals surface area contributed by atoms with Gasteiger partial charge in [0.15, 0.2) is 0 Å². The molecule has 0 spiro atoms. The Morgan fingerprint density at radius 1 is 1.14 bits per heavy atom. The van der Waals surface area contributed by atoms with Crippen molar-refractivity contribution >= 4 is 6.09 Å².